The Morgan fingerprint density at radius 1 is 1.10 bits per heavy atom. The van der Waals surface area contributed by atoms with Gasteiger partial charge in [-0.05, 0) is 11.1 Å². The van der Waals surface area contributed by atoms with Crippen LogP contribution >= 0.6 is 11.3 Å². The minimum Gasteiger partial charge on any atom is -0.469 e. The van der Waals surface area contributed by atoms with Crippen LogP contribution in [0.3, 0.4) is 0 Å². The number of ether oxygens (including phenoxy) is 1. The lowest BCUT2D eigenvalue weighted by molar-refractivity contribution is -0.145. The average molecular weight is 410 g/mol. The van der Waals surface area contributed by atoms with Gasteiger partial charge in [0.25, 0.3) is 0 Å². The van der Waals surface area contributed by atoms with E-state index < -0.39 is 5.92 Å². The van der Waals surface area contributed by atoms with Gasteiger partial charge in [0.1, 0.15) is 0 Å². The van der Waals surface area contributed by atoms with Gasteiger partial charge in [0.05, 0.1) is 17.9 Å². The third kappa shape index (κ3) is 5.65. The fourth-order valence-corrected chi connectivity index (χ4v) is 3.68. The first-order valence-electron chi connectivity index (χ1n) is 9.25. The van der Waals surface area contributed by atoms with Gasteiger partial charge in [-0.25, -0.2) is 9.78 Å². The van der Waals surface area contributed by atoms with Gasteiger partial charge in [0.2, 0.25) is 0 Å². The van der Waals surface area contributed by atoms with Crippen molar-refractivity contribution in [2.75, 3.05) is 19.0 Å². The number of hydrogen-bond acceptors (Lipinski definition) is 5. The zero-order valence-corrected chi connectivity index (χ0v) is 17.2. The molecule has 1 atom stereocenters. The fourth-order valence-electron chi connectivity index (χ4n) is 2.87. The summed E-state index contributed by atoms with van der Waals surface area (Å²) in [7, 11) is 1.35. The molecule has 0 aliphatic heterocycles. The molecule has 2 aromatic carbocycles. The average Bonchev–Trinajstić information content (AvgIpc) is 3.22. The Morgan fingerprint density at radius 3 is 2.41 bits per heavy atom. The molecule has 29 heavy (non-hydrogen) atoms. The number of benzene rings is 2. The Kier molecular flexibility index (Phi) is 6.97. The summed E-state index contributed by atoms with van der Waals surface area (Å²) in [5, 5.41) is 3.37. The second-order valence-electron chi connectivity index (χ2n) is 6.62. The molecule has 0 spiro atoms. The van der Waals surface area contributed by atoms with E-state index in [1.807, 2.05) is 60.7 Å². The van der Waals surface area contributed by atoms with Crippen molar-refractivity contribution in [1.82, 2.24) is 9.88 Å². The summed E-state index contributed by atoms with van der Waals surface area (Å²) in [5.74, 6) is -0.790. The summed E-state index contributed by atoms with van der Waals surface area (Å²) in [6.07, 6.45) is 1.74. The normalized spacial score (nSPS) is 11.5. The monoisotopic (exact) mass is 409 g/mol. The molecule has 1 heterocycles. The van der Waals surface area contributed by atoms with Gasteiger partial charge in [0.15, 0.2) is 5.13 Å². The molecule has 6 nitrogen and oxygen atoms in total. The third-order valence-electron chi connectivity index (χ3n) is 4.38. The Hall–Kier alpha value is -3.19. The van der Waals surface area contributed by atoms with Crippen LogP contribution in [0.4, 0.5) is 9.93 Å². The molecule has 150 valence electrons. The van der Waals surface area contributed by atoms with Crippen molar-refractivity contribution in [3.05, 3.63) is 72.4 Å². The summed E-state index contributed by atoms with van der Waals surface area (Å²) in [5.41, 5.74) is 2.02. The Labute approximate surface area is 174 Å². The maximum atomic E-state index is 12.9. The number of anilines is 1. The standard InChI is InChI=1S/C22H23N3O3S/c1-16(20(26)28-2)14-25(15-17-9-5-3-6-10-17)22(27)24-21-23-13-19(29-21)18-11-7-4-8-12-18/h3-13,16H,14-15H2,1-2H3,(H,23,24,27). The molecule has 0 aliphatic rings. The maximum absolute atomic E-state index is 12.9. The molecule has 1 unspecified atom stereocenters. The van der Waals surface area contributed by atoms with Crippen LogP contribution in [-0.2, 0) is 16.1 Å². The number of nitrogens with one attached hydrogen (secondary N) is 1. The van der Waals surface area contributed by atoms with E-state index in [0.717, 1.165) is 16.0 Å². The molecule has 2 amide bonds. The second kappa shape index (κ2) is 9.84. The molecule has 1 aromatic heterocycles. The van der Waals surface area contributed by atoms with Gasteiger partial charge >= 0.3 is 12.0 Å². The zero-order valence-electron chi connectivity index (χ0n) is 16.4. The number of thiazole rings is 1. The van der Waals surface area contributed by atoms with Crippen LogP contribution in [0.15, 0.2) is 66.9 Å². The zero-order chi connectivity index (χ0) is 20.6. The summed E-state index contributed by atoms with van der Waals surface area (Å²) in [6.45, 7) is 2.36. The molecule has 0 saturated carbocycles. The minimum absolute atomic E-state index is 0.240. The van der Waals surface area contributed by atoms with E-state index >= 15 is 0 Å². The molecular weight excluding hydrogens is 386 g/mol. The van der Waals surface area contributed by atoms with Crippen molar-refractivity contribution < 1.29 is 14.3 Å². The van der Waals surface area contributed by atoms with Crippen LogP contribution in [0.1, 0.15) is 12.5 Å². The second-order valence-corrected chi connectivity index (χ2v) is 7.65. The molecule has 0 radical (unpaired) electrons. The predicted molar refractivity (Wildman–Crippen MR) is 115 cm³/mol. The topological polar surface area (TPSA) is 71.5 Å². The van der Waals surface area contributed by atoms with Crippen LogP contribution in [0, 0.1) is 5.92 Å². The molecule has 0 saturated heterocycles. The summed E-state index contributed by atoms with van der Waals surface area (Å²) >= 11 is 1.41. The number of hydrogen-bond donors (Lipinski definition) is 1. The van der Waals surface area contributed by atoms with Gasteiger partial charge in [-0.2, -0.15) is 0 Å². The molecule has 0 bridgehead atoms. The number of carbonyl (C=O) groups is 2. The van der Waals surface area contributed by atoms with Crippen LogP contribution in [0.25, 0.3) is 10.4 Å². The number of nitrogens with zero attached hydrogens (tertiary/aromatic N) is 2. The van der Waals surface area contributed by atoms with Crippen LogP contribution in [-0.4, -0.2) is 35.5 Å². The van der Waals surface area contributed by atoms with E-state index in [9.17, 15) is 9.59 Å². The minimum atomic E-state index is -0.439. The largest absolute Gasteiger partial charge is 0.469 e. The number of aromatic nitrogens is 1. The molecule has 7 heteroatoms. The molecule has 0 aliphatic carbocycles. The maximum Gasteiger partial charge on any atom is 0.323 e. The first-order chi connectivity index (χ1) is 14.1. The van der Waals surface area contributed by atoms with Crippen LogP contribution in [0.2, 0.25) is 0 Å². The highest BCUT2D eigenvalue weighted by Crippen LogP contribution is 2.28. The van der Waals surface area contributed by atoms with Crippen molar-refractivity contribution in [1.29, 1.82) is 0 Å². The number of carbonyl (C=O) groups excluding carboxylic acids is 2. The molecule has 3 rings (SSSR count). The SMILES string of the molecule is COC(=O)C(C)CN(Cc1ccccc1)C(=O)Nc1ncc(-c2ccccc2)s1. The highest BCUT2D eigenvalue weighted by molar-refractivity contribution is 7.19. The van der Waals surface area contributed by atoms with E-state index in [1.165, 1.54) is 18.4 Å². The van der Waals surface area contributed by atoms with E-state index in [2.05, 4.69) is 10.3 Å². The smallest absolute Gasteiger partial charge is 0.323 e. The van der Waals surface area contributed by atoms with Gasteiger partial charge < -0.3 is 9.64 Å². The summed E-state index contributed by atoms with van der Waals surface area (Å²) < 4.78 is 4.81. The highest BCUT2D eigenvalue weighted by Gasteiger charge is 2.22. The lowest BCUT2D eigenvalue weighted by Crippen LogP contribution is -2.39. The van der Waals surface area contributed by atoms with Gasteiger partial charge in [0, 0.05) is 19.3 Å². The fraction of sp³-hybridized carbons (Fsp3) is 0.227. The Balaban J connectivity index is 1.73. The van der Waals surface area contributed by atoms with Crippen molar-refractivity contribution in [2.45, 2.75) is 13.5 Å². The first-order valence-corrected chi connectivity index (χ1v) is 10.1. The Morgan fingerprint density at radius 2 is 1.76 bits per heavy atom. The van der Waals surface area contributed by atoms with Gasteiger partial charge in [-0.1, -0.05) is 78.9 Å². The van der Waals surface area contributed by atoms with E-state index in [4.69, 9.17) is 4.74 Å². The van der Waals surface area contributed by atoms with Gasteiger partial charge in [-0.15, -0.1) is 0 Å². The van der Waals surface area contributed by atoms with Crippen LogP contribution in [0.5, 0.6) is 0 Å². The van der Waals surface area contributed by atoms with E-state index in [1.54, 1.807) is 18.0 Å². The number of urea groups is 1. The number of esters is 1. The van der Waals surface area contributed by atoms with Crippen molar-refractivity contribution in [3.63, 3.8) is 0 Å². The third-order valence-corrected chi connectivity index (χ3v) is 5.34. The van der Waals surface area contributed by atoms with E-state index in [0.29, 0.717) is 11.7 Å². The molecule has 0 fully saturated rings. The first kappa shape index (κ1) is 20.5. The number of amides is 2. The lowest BCUT2D eigenvalue weighted by atomic mass is 10.1. The van der Waals surface area contributed by atoms with Gasteiger partial charge in [-0.3, -0.25) is 10.1 Å². The van der Waals surface area contributed by atoms with E-state index in [-0.39, 0.29) is 18.5 Å². The quantitative estimate of drug-likeness (QED) is 0.577. The van der Waals surface area contributed by atoms with Crippen molar-refractivity contribution in [2.24, 2.45) is 5.92 Å². The van der Waals surface area contributed by atoms with Crippen molar-refractivity contribution >= 4 is 28.5 Å². The summed E-state index contributed by atoms with van der Waals surface area (Å²) in [6, 6.07) is 19.2. The molecular formula is C22H23N3O3S. The molecule has 3 aromatic rings. The predicted octanol–water partition coefficient (Wildman–Crippen LogP) is 4.65. The molecule has 1 N–H and O–H groups in total. The lowest BCUT2D eigenvalue weighted by Gasteiger charge is -2.25. The summed E-state index contributed by atoms with van der Waals surface area (Å²) in [4.78, 5) is 31.7. The number of rotatable bonds is 7. The van der Waals surface area contributed by atoms with Crippen LogP contribution < -0.4 is 5.32 Å². The van der Waals surface area contributed by atoms with Crippen molar-refractivity contribution in [3.8, 4) is 10.4 Å². The Bertz CT molecular complexity index is 944. The number of methoxy groups -OCH3 is 1. The highest BCUT2D eigenvalue weighted by atomic mass is 32.1.